The summed E-state index contributed by atoms with van der Waals surface area (Å²) in [6.45, 7) is 3.70. The van der Waals surface area contributed by atoms with Gasteiger partial charge in [-0.2, -0.15) is 0 Å². The summed E-state index contributed by atoms with van der Waals surface area (Å²) in [4.78, 5) is 29.0. The number of carboxylic acid groups (broad SMARTS) is 1. The number of amides is 1. The number of halogens is 1. The SMILES string of the molecule is CC(C)C(=O)c1cnc2ccc(-c3ccc(O)c(Cl)c3)cc2c1NC1CCCCC1NC(=O)O. The summed E-state index contributed by atoms with van der Waals surface area (Å²) < 4.78 is 0. The van der Waals surface area contributed by atoms with Crippen LogP contribution in [0.4, 0.5) is 10.5 Å². The van der Waals surface area contributed by atoms with Gasteiger partial charge in [0.15, 0.2) is 5.78 Å². The predicted octanol–water partition coefficient (Wildman–Crippen LogP) is 6.09. The number of nitrogens with one attached hydrogen (secondary N) is 2. The molecule has 34 heavy (non-hydrogen) atoms. The number of carbonyl (C=O) groups excluding carboxylic acids is 1. The van der Waals surface area contributed by atoms with E-state index in [2.05, 4.69) is 15.6 Å². The van der Waals surface area contributed by atoms with Gasteiger partial charge in [-0.25, -0.2) is 4.79 Å². The molecule has 1 aliphatic carbocycles. The molecule has 3 aromatic rings. The average Bonchev–Trinajstić information content (AvgIpc) is 2.81. The molecule has 1 aromatic heterocycles. The summed E-state index contributed by atoms with van der Waals surface area (Å²) in [5, 5.41) is 26.3. The van der Waals surface area contributed by atoms with E-state index in [0.29, 0.717) is 11.3 Å². The molecule has 2 atom stereocenters. The van der Waals surface area contributed by atoms with Gasteiger partial charge in [-0.1, -0.05) is 50.4 Å². The van der Waals surface area contributed by atoms with Crippen molar-refractivity contribution in [2.75, 3.05) is 5.32 Å². The zero-order valence-electron chi connectivity index (χ0n) is 19.1. The fourth-order valence-electron chi connectivity index (χ4n) is 4.53. The number of Topliss-reactive ketones (excluding diaryl/α,β-unsaturated/α-hetero) is 1. The fraction of sp³-hybridized carbons (Fsp3) is 0.346. The van der Waals surface area contributed by atoms with Crippen molar-refractivity contribution in [1.29, 1.82) is 0 Å². The van der Waals surface area contributed by atoms with Crippen molar-refractivity contribution >= 4 is 40.1 Å². The number of phenols is 1. The van der Waals surface area contributed by atoms with Gasteiger partial charge in [0.25, 0.3) is 0 Å². The van der Waals surface area contributed by atoms with Gasteiger partial charge in [0.1, 0.15) is 5.75 Å². The third-order valence-electron chi connectivity index (χ3n) is 6.34. The van der Waals surface area contributed by atoms with Gasteiger partial charge in [-0.15, -0.1) is 0 Å². The van der Waals surface area contributed by atoms with Crippen LogP contribution in [-0.2, 0) is 0 Å². The molecule has 2 aromatic carbocycles. The van der Waals surface area contributed by atoms with Gasteiger partial charge in [0.05, 0.1) is 27.8 Å². The van der Waals surface area contributed by atoms with Crippen molar-refractivity contribution < 1.29 is 19.8 Å². The molecule has 4 N–H and O–H groups in total. The molecule has 0 bridgehead atoms. The van der Waals surface area contributed by atoms with Crippen LogP contribution in [0.25, 0.3) is 22.0 Å². The van der Waals surface area contributed by atoms with E-state index in [1.54, 1.807) is 24.4 Å². The highest BCUT2D eigenvalue weighted by molar-refractivity contribution is 6.32. The second kappa shape index (κ2) is 9.89. The maximum Gasteiger partial charge on any atom is 0.404 e. The largest absolute Gasteiger partial charge is 0.506 e. The summed E-state index contributed by atoms with van der Waals surface area (Å²) in [7, 11) is 0. The molecule has 8 heteroatoms. The average molecular weight is 482 g/mol. The van der Waals surface area contributed by atoms with Crippen LogP contribution in [0.15, 0.2) is 42.6 Å². The number of hydrogen-bond donors (Lipinski definition) is 4. The highest BCUT2D eigenvalue weighted by atomic mass is 35.5. The predicted molar refractivity (Wildman–Crippen MR) is 134 cm³/mol. The van der Waals surface area contributed by atoms with Crippen molar-refractivity contribution in [3.63, 3.8) is 0 Å². The Kier molecular flexibility index (Phi) is 6.93. The monoisotopic (exact) mass is 481 g/mol. The van der Waals surface area contributed by atoms with Crippen LogP contribution in [-0.4, -0.2) is 39.2 Å². The lowest BCUT2D eigenvalue weighted by atomic mass is 9.89. The zero-order valence-corrected chi connectivity index (χ0v) is 19.9. The van der Waals surface area contributed by atoms with Gasteiger partial charge in [0.2, 0.25) is 0 Å². The number of carbonyl (C=O) groups is 2. The number of aromatic nitrogens is 1. The van der Waals surface area contributed by atoms with Crippen LogP contribution in [0.1, 0.15) is 49.9 Å². The molecule has 1 amide bonds. The van der Waals surface area contributed by atoms with Gasteiger partial charge in [0, 0.05) is 23.5 Å². The first-order valence-corrected chi connectivity index (χ1v) is 11.8. The maximum atomic E-state index is 13.1. The van der Waals surface area contributed by atoms with Crippen molar-refractivity contribution in [3.05, 3.63) is 53.2 Å². The summed E-state index contributed by atoms with van der Waals surface area (Å²) in [5.74, 6) is -0.249. The van der Waals surface area contributed by atoms with E-state index >= 15 is 0 Å². The Morgan fingerprint density at radius 2 is 1.74 bits per heavy atom. The van der Waals surface area contributed by atoms with Gasteiger partial charge in [-0.3, -0.25) is 9.78 Å². The molecule has 178 valence electrons. The molecule has 1 saturated carbocycles. The first kappa shape index (κ1) is 23.8. The number of fused-ring (bicyclic) bond motifs is 1. The number of benzene rings is 2. The lowest BCUT2D eigenvalue weighted by Gasteiger charge is -2.33. The van der Waals surface area contributed by atoms with Crippen molar-refractivity contribution in [2.24, 2.45) is 5.92 Å². The number of anilines is 1. The third kappa shape index (κ3) is 4.94. The zero-order chi connectivity index (χ0) is 24.4. The van der Waals surface area contributed by atoms with E-state index in [4.69, 9.17) is 11.6 Å². The van der Waals surface area contributed by atoms with E-state index in [9.17, 15) is 19.8 Å². The first-order chi connectivity index (χ1) is 16.2. The number of hydrogen-bond acceptors (Lipinski definition) is 5. The molecule has 4 rings (SSSR count). The maximum absolute atomic E-state index is 13.1. The van der Waals surface area contributed by atoms with Gasteiger partial charge < -0.3 is 20.8 Å². The molecule has 2 unspecified atom stereocenters. The van der Waals surface area contributed by atoms with Crippen molar-refractivity contribution in [1.82, 2.24) is 10.3 Å². The number of pyridine rings is 1. The summed E-state index contributed by atoms with van der Waals surface area (Å²) in [5.41, 5.74) is 3.55. The Morgan fingerprint density at radius 1 is 1.06 bits per heavy atom. The van der Waals surface area contributed by atoms with Crippen LogP contribution in [0, 0.1) is 5.92 Å². The minimum atomic E-state index is -1.05. The molecule has 0 spiro atoms. The van der Waals surface area contributed by atoms with E-state index in [1.165, 1.54) is 0 Å². The number of rotatable bonds is 6. The van der Waals surface area contributed by atoms with Crippen LogP contribution in [0.3, 0.4) is 0 Å². The normalized spacial score (nSPS) is 18.1. The number of aromatic hydroxyl groups is 1. The summed E-state index contributed by atoms with van der Waals surface area (Å²) in [6.07, 6.45) is 4.00. The first-order valence-electron chi connectivity index (χ1n) is 11.5. The molecule has 7 nitrogen and oxygen atoms in total. The molecule has 1 aliphatic rings. The second-order valence-electron chi connectivity index (χ2n) is 9.06. The van der Waals surface area contributed by atoms with Crippen LogP contribution < -0.4 is 10.6 Å². The quantitative estimate of drug-likeness (QED) is 0.317. The molecule has 0 aliphatic heterocycles. The van der Waals surface area contributed by atoms with E-state index in [-0.39, 0.29) is 34.6 Å². The Labute approximate surface area is 203 Å². The summed E-state index contributed by atoms with van der Waals surface area (Å²) >= 11 is 6.13. The standard InChI is InChI=1S/C26H28ClN3O4/c1-14(2)25(32)18-13-28-20-9-7-15(16-8-10-23(31)19(27)12-16)11-17(20)24(18)29-21-5-3-4-6-22(21)30-26(33)34/h7-14,21-22,30-31H,3-6H2,1-2H3,(H,28,29)(H,33,34). The van der Waals surface area contributed by atoms with Crippen molar-refractivity contribution in [2.45, 2.75) is 51.6 Å². The van der Waals surface area contributed by atoms with Crippen LogP contribution in [0.2, 0.25) is 5.02 Å². The molecule has 1 heterocycles. The van der Waals surface area contributed by atoms with Gasteiger partial charge in [-0.05, 0) is 48.2 Å². The lowest BCUT2D eigenvalue weighted by Crippen LogP contribution is -2.48. The molecular weight excluding hydrogens is 454 g/mol. The Morgan fingerprint density at radius 3 is 2.41 bits per heavy atom. The highest BCUT2D eigenvalue weighted by Crippen LogP contribution is 2.35. The molecule has 0 radical (unpaired) electrons. The lowest BCUT2D eigenvalue weighted by molar-refractivity contribution is 0.0939. The number of nitrogens with zero attached hydrogens (tertiary/aromatic N) is 1. The van der Waals surface area contributed by atoms with Crippen LogP contribution >= 0.6 is 11.6 Å². The Hall–Kier alpha value is -3.32. The minimum Gasteiger partial charge on any atom is -0.506 e. The molecular formula is C26H28ClN3O4. The van der Waals surface area contributed by atoms with E-state index in [0.717, 1.165) is 47.7 Å². The number of phenolic OH excluding ortho intramolecular Hbond substituents is 1. The summed E-state index contributed by atoms with van der Waals surface area (Å²) in [6, 6.07) is 10.4. The highest BCUT2D eigenvalue weighted by Gasteiger charge is 2.29. The smallest absolute Gasteiger partial charge is 0.404 e. The second-order valence-corrected chi connectivity index (χ2v) is 9.46. The Balaban J connectivity index is 1.84. The number of ketones is 1. The van der Waals surface area contributed by atoms with E-state index < -0.39 is 6.09 Å². The third-order valence-corrected chi connectivity index (χ3v) is 6.65. The van der Waals surface area contributed by atoms with Crippen LogP contribution in [0.5, 0.6) is 5.75 Å². The molecule has 0 saturated heterocycles. The molecule has 1 fully saturated rings. The van der Waals surface area contributed by atoms with Gasteiger partial charge >= 0.3 is 6.09 Å². The van der Waals surface area contributed by atoms with Crippen molar-refractivity contribution in [3.8, 4) is 16.9 Å². The topological polar surface area (TPSA) is 112 Å². The van der Waals surface area contributed by atoms with E-state index in [1.807, 2.05) is 32.0 Å². The minimum absolute atomic E-state index is 0.00863. The fourth-order valence-corrected chi connectivity index (χ4v) is 4.71. The Bertz CT molecular complexity index is 1240.